The van der Waals surface area contributed by atoms with Crippen LogP contribution in [0.5, 0.6) is 0 Å². The molecule has 0 fully saturated rings. The molecule has 0 spiro atoms. The molecule has 7 rings (SSSR count). The molecule has 0 radical (unpaired) electrons. The van der Waals surface area contributed by atoms with Gasteiger partial charge in [-0.05, 0) is 133 Å². The van der Waals surface area contributed by atoms with Crippen LogP contribution in [-0.2, 0) is 0 Å². The predicted octanol–water partition coefficient (Wildman–Crippen LogP) is 11.3. The van der Waals surface area contributed by atoms with Gasteiger partial charge in [0.1, 0.15) is 0 Å². The molecular formula is C42H36N2. The van der Waals surface area contributed by atoms with Crippen LogP contribution in [0.25, 0.3) is 66.4 Å². The van der Waals surface area contributed by atoms with Crippen LogP contribution in [0, 0.1) is 41.5 Å². The Hall–Kier alpha value is -5.08. The summed E-state index contributed by atoms with van der Waals surface area (Å²) in [6.45, 7) is 13.3. The molecule has 44 heavy (non-hydrogen) atoms. The molecule has 2 aromatic heterocycles. The second-order valence-corrected chi connectivity index (χ2v) is 12.1. The summed E-state index contributed by atoms with van der Waals surface area (Å²) in [5, 5.41) is 2.46. The molecule has 0 saturated carbocycles. The van der Waals surface area contributed by atoms with Crippen molar-refractivity contribution >= 4 is 21.8 Å². The maximum Gasteiger partial charge on any atom is 0.0977 e. The van der Waals surface area contributed by atoms with Gasteiger partial charge in [-0.1, -0.05) is 78.9 Å². The number of hydrogen-bond donors (Lipinski definition) is 0. The van der Waals surface area contributed by atoms with E-state index in [1.807, 2.05) is 6.20 Å². The fourth-order valence-electron chi connectivity index (χ4n) is 6.65. The molecule has 0 N–H and O–H groups in total. The maximum atomic E-state index is 5.41. The van der Waals surface area contributed by atoms with E-state index in [9.17, 15) is 0 Å². The number of benzene rings is 5. The van der Waals surface area contributed by atoms with Crippen LogP contribution in [0.2, 0.25) is 0 Å². The maximum absolute atomic E-state index is 5.41. The highest BCUT2D eigenvalue weighted by atomic mass is 14.8. The lowest BCUT2D eigenvalue weighted by Gasteiger charge is -2.19. The highest BCUT2D eigenvalue weighted by molar-refractivity contribution is 6.09. The van der Waals surface area contributed by atoms with E-state index in [-0.39, 0.29) is 0 Å². The second kappa shape index (κ2) is 10.9. The molecule has 0 unspecified atom stereocenters. The Kier molecular flexibility index (Phi) is 6.86. The number of pyridine rings is 2. The fourth-order valence-corrected chi connectivity index (χ4v) is 6.65. The van der Waals surface area contributed by atoms with Gasteiger partial charge in [-0.25, -0.2) is 4.98 Å². The van der Waals surface area contributed by atoms with Crippen LogP contribution in [0.15, 0.2) is 109 Å². The van der Waals surface area contributed by atoms with Gasteiger partial charge in [-0.3, -0.25) is 4.98 Å². The van der Waals surface area contributed by atoms with Crippen molar-refractivity contribution < 1.29 is 0 Å². The van der Waals surface area contributed by atoms with E-state index >= 15 is 0 Å². The molecule has 0 saturated heterocycles. The lowest BCUT2D eigenvalue weighted by atomic mass is 9.89. The zero-order valence-corrected chi connectivity index (χ0v) is 26.3. The van der Waals surface area contributed by atoms with Crippen LogP contribution in [0.3, 0.4) is 0 Å². The molecule has 0 aliphatic carbocycles. The van der Waals surface area contributed by atoms with Crippen molar-refractivity contribution in [2.75, 3.05) is 0 Å². The van der Waals surface area contributed by atoms with E-state index in [2.05, 4.69) is 145 Å². The van der Waals surface area contributed by atoms with Crippen LogP contribution >= 0.6 is 0 Å². The summed E-state index contributed by atoms with van der Waals surface area (Å²) in [5.41, 5.74) is 18.9. The monoisotopic (exact) mass is 568 g/mol. The van der Waals surface area contributed by atoms with E-state index in [1.54, 1.807) is 0 Å². The van der Waals surface area contributed by atoms with Gasteiger partial charge >= 0.3 is 0 Å². The van der Waals surface area contributed by atoms with Crippen molar-refractivity contribution in [3.05, 3.63) is 143 Å². The minimum absolute atomic E-state index is 0.993. The van der Waals surface area contributed by atoms with Gasteiger partial charge in [-0.15, -0.1) is 0 Å². The third-order valence-corrected chi connectivity index (χ3v) is 9.50. The summed E-state index contributed by atoms with van der Waals surface area (Å²) in [4.78, 5) is 10.4. The number of rotatable bonds is 4. The number of fused-ring (bicyclic) bond motifs is 3. The standard InChI is InChI=1S/C42H36N2/c1-25-24-43-41-38(26(25)2)27(3)28(4)39-29(5)30(6)40(44-42(39)41)34-19-13-18-33(20-34)37-22-35(31-14-9-7-10-15-31)21-36(23-37)32-16-11-8-12-17-32/h7-24H,1-6H3. The molecule has 2 nitrogen and oxygen atoms in total. The topological polar surface area (TPSA) is 25.8 Å². The van der Waals surface area contributed by atoms with E-state index in [0.29, 0.717) is 0 Å². The van der Waals surface area contributed by atoms with Gasteiger partial charge in [0.25, 0.3) is 0 Å². The Morgan fingerprint density at radius 2 is 0.841 bits per heavy atom. The van der Waals surface area contributed by atoms with Gasteiger partial charge in [0, 0.05) is 22.5 Å². The Morgan fingerprint density at radius 3 is 1.43 bits per heavy atom. The SMILES string of the molecule is Cc1cnc2c(c1C)c(C)c(C)c1c(C)c(C)c(-c3cccc(-c4cc(-c5ccccc5)cc(-c5ccccc5)c4)c3)nc12. The van der Waals surface area contributed by atoms with Gasteiger partial charge in [0.15, 0.2) is 0 Å². The summed E-state index contributed by atoms with van der Waals surface area (Å²) >= 11 is 0. The number of nitrogens with zero attached hydrogens (tertiary/aromatic N) is 2. The fraction of sp³-hybridized carbons (Fsp3) is 0.143. The smallest absolute Gasteiger partial charge is 0.0977 e. The molecule has 0 bridgehead atoms. The zero-order chi connectivity index (χ0) is 30.5. The summed E-state index contributed by atoms with van der Waals surface area (Å²) in [6.07, 6.45) is 1.99. The van der Waals surface area contributed by atoms with Gasteiger partial charge < -0.3 is 0 Å². The van der Waals surface area contributed by atoms with Crippen LogP contribution in [0.4, 0.5) is 0 Å². The summed E-state index contributed by atoms with van der Waals surface area (Å²) in [7, 11) is 0. The summed E-state index contributed by atoms with van der Waals surface area (Å²) < 4.78 is 0. The van der Waals surface area contributed by atoms with Crippen LogP contribution in [-0.4, -0.2) is 9.97 Å². The normalized spacial score (nSPS) is 11.4. The highest BCUT2D eigenvalue weighted by Crippen LogP contribution is 2.39. The predicted molar refractivity (Wildman–Crippen MR) is 187 cm³/mol. The van der Waals surface area contributed by atoms with Gasteiger partial charge in [-0.2, -0.15) is 0 Å². The van der Waals surface area contributed by atoms with E-state index in [1.165, 1.54) is 77.5 Å². The first-order valence-electron chi connectivity index (χ1n) is 15.3. The number of hydrogen-bond acceptors (Lipinski definition) is 2. The molecule has 214 valence electrons. The Labute approximate surface area is 260 Å². The van der Waals surface area contributed by atoms with E-state index < -0.39 is 0 Å². The van der Waals surface area contributed by atoms with Crippen molar-refractivity contribution in [3.8, 4) is 44.6 Å². The minimum Gasteiger partial charge on any atom is -0.254 e. The molecule has 0 aliphatic rings. The van der Waals surface area contributed by atoms with Crippen molar-refractivity contribution in [2.24, 2.45) is 0 Å². The molecule has 0 amide bonds. The third-order valence-electron chi connectivity index (χ3n) is 9.50. The number of aromatic nitrogens is 2. The number of aryl methyl sites for hydroxylation is 5. The molecule has 2 heteroatoms. The lowest BCUT2D eigenvalue weighted by Crippen LogP contribution is -2.01. The lowest BCUT2D eigenvalue weighted by molar-refractivity contribution is 1.23. The van der Waals surface area contributed by atoms with Crippen LogP contribution in [0.1, 0.15) is 33.4 Å². The van der Waals surface area contributed by atoms with Crippen molar-refractivity contribution in [1.29, 1.82) is 0 Å². The average molecular weight is 569 g/mol. The highest BCUT2D eigenvalue weighted by Gasteiger charge is 2.19. The Bertz CT molecular complexity index is 2150. The Balaban J connectivity index is 1.44. The van der Waals surface area contributed by atoms with Crippen molar-refractivity contribution in [1.82, 2.24) is 9.97 Å². The van der Waals surface area contributed by atoms with Crippen molar-refractivity contribution in [3.63, 3.8) is 0 Å². The molecule has 0 atom stereocenters. The quantitative estimate of drug-likeness (QED) is 0.197. The molecule has 7 aromatic rings. The largest absolute Gasteiger partial charge is 0.254 e. The first-order valence-corrected chi connectivity index (χ1v) is 15.3. The van der Waals surface area contributed by atoms with Gasteiger partial charge in [0.05, 0.1) is 16.7 Å². The molecular weight excluding hydrogens is 532 g/mol. The molecule has 5 aromatic carbocycles. The Morgan fingerprint density at radius 1 is 0.386 bits per heavy atom. The van der Waals surface area contributed by atoms with E-state index in [4.69, 9.17) is 9.97 Å². The zero-order valence-electron chi connectivity index (χ0n) is 26.3. The first-order chi connectivity index (χ1) is 21.3. The van der Waals surface area contributed by atoms with E-state index in [0.717, 1.165) is 22.3 Å². The molecule has 2 heterocycles. The summed E-state index contributed by atoms with van der Waals surface area (Å²) in [5.74, 6) is 0. The minimum atomic E-state index is 0.993. The average Bonchev–Trinajstić information content (AvgIpc) is 3.06. The second-order valence-electron chi connectivity index (χ2n) is 12.1. The summed E-state index contributed by atoms with van der Waals surface area (Å²) in [6, 6.07) is 37.0. The first kappa shape index (κ1) is 27.7. The third kappa shape index (κ3) is 4.59. The molecule has 0 aliphatic heterocycles. The van der Waals surface area contributed by atoms with Gasteiger partial charge in [0.2, 0.25) is 0 Å². The van der Waals surface area contributed by atoms with Crippen molar-refractivity contribution in [2.45, 2.75) is 41.5 Å². The van der Waals surface area contributed by atoms with Crippen LogP contribution < -0.4 is 0 Å².